The molecular formula is C13H12Br2N2O2. The number of rotatable bonds is 5. The second kappa shape index (κ2) is 6.36. The molecule has 1 heterocycles. The Hall–Kier alpha value is -1.11. The van der Waals surface area contributed by atoms with Crippen molar-refractivity contribution in [2.24, 2.45) is 5.73 Å². The monoisotopic (exact) mass is 386 g/mol. The number of nitrogens with two attached hydrogens (primary N) is 1. The Bertz CT molecular complexity index is 577. The van der Waals surface area contributed by atoms with Crippen molar-refractivity contribution in [1.82, 2.24) is 5.32 Å². The minimum absolute atomic E-state index is 0.416. The topological polar surface area (TPSA) is 68.3 Å². The maximum Gasteiger partial charge on any atom is 0.248 e. The van der Waals surface area contributed by atoms with Crippen molar-refractivity contribution >= 4 is 37.8 Å². The highest BCUT2D eigenvalue weighted by molar-refractivity contribution is 9.13. The van der Waals surface area contributed by atoms with Crippen molar-refractivity contribution in [2.75, 3.05) is 0 Å². The summed E-state index contributed by atoms with van der Waals surface area (Å²) in [6.45, 7) is 1.24. The molecule has 0 saturated heterocycles. The lowest BCUT2D eigenvalue weighted by atomic mass is 10.1. The van der Waals surface area contributed by atoms with Gasteiger partial charge in [0.05, 0.1) is 11.0 Å². The first-order chi connectivity index (χ1) is 9.06. The van der Waals surface area contributed by atoms with Gasteiger partial charge in [-0.3, -0.25) is 4.79 Å². The molecule has 1 amide bonds. The highest BCUT2D eigenvalue weighted by atomic mass is 79.9. The third-order valence-corrected chi connectivity index (χ3v) is 4.25. The standard InChI is InChI=1S/C13H12Br2N2O2/c14-11-5-10(19-12(11)15)7-17-6-8-2-1-3-9(4-8)13(16)18/h1-5,17H,6-7H2,(H2,16,18). The maximum atomic E-state index is 11.1. The van der Waals surface area contributed by atoms with Crippen LogP contribution >= 0.6 is 31.9 Å². The largest absolute Gasteiger partial charge is 0.452 e. The zero-order valence-electron chi connectivity index (χ0n) is 9.95. The molecule has 100 valence electrons. The zero-order valence-corrected chi connectivity index (χ0v) is 13.1. The third kappa shape index (κ3) is 3.92. The number of nitrogens with one attached hydrogen (secondary N) is 1. The normalized spacial score (nSPS) is 10.6. The van der Waals surface area contributed by atoms with E-state index in [1.54, 1.807) is 12.1 Å². The van der Waals surface area contributed by atoms with Gasteiger partial charge in [-0.25, -0.2) is 0 Å². The number of benzene rings is 1. The molecule has 0 aliphatic heterocycles. The molecule has 0 bridgehead atoms. The highest BCUT2D eigenvalue weighted by Gasteiger charge is 2.06. The summed E-state index contributed by atoms with van der Waals surface area (Å²) in [7, 11) is 0. The van der Waals surface area contributed by atoms with Crippen molar-refractivity contribution in [3.63, 3.8) is 0 Å². The van der Waals surface area contributed by atoms with Crippen LogP contribution in [0.5, 0.6) is 0 Å². The molecule has 2 aromatic rings. The summed E-state index contributed by atoms with van der Waals surface area (Å²) in [5.74, 6) is 0.408. The summed E-state index contributed by atoms with van der Waals surface area (Å²) < 4.78 is 7.02. The minimum atomic E-state index is -0.416. The Morgan fingerprint density at radius 2 is 2.05 bits per heavy atom. The van der Waals surface area contributed by atoms with Crippen molar-refractivity contribution < 1.29 is 9.21 Å². The zero-order chi connectivity index (χ0) is 13.8. The van der Waals surface area contributed by atoms with E-state index in [1.807, 2.05) is 18.2 Å². The van der Waals surface area contributed by atoms with E-state index in [1.165, 1.54) is 0 Å². The van der Waals surface area contributed by atoms with E-state index in [0.717, 1.165) is 15.8 Å². The average molecular weight is 388 g/mol. The second-order valence-corrected chi connectivity index (χ2v) is 5.58. The van der Waals surface area contributed by atoms with Gasteiger partial charge >= 0.3 is 0 Å². The number of primary amides is 1. The number of hydrogen-bond donors (Lipinski definition) is 2. The molecular weight excluding hydrogens is 376 g/mol. The molecule has 0 fully saturated rings. The number of carbonyl (C=O) groups excluding carboxylic acids is 1. The number of furan rings is 1. The van der Waals surface area contributed by atoms with E-state index in [2.05, 4.69) is 37.2 Å². The highest BCUT2D eigenvalue weighted by Crippen LogP contribution is 2.26. The fourth-order valence-corrected chi connectivity index (χ4v) is 2.30. The average Bonchev–Trinajstić information content (AvgIpc) is 2.69. The van der Waals surface area contributed by atoms with Crippen LogP contribution in [0.1, 0.15) is 21.7 Å². The van der Waals surface area contributed by atoms with Crippen LogP contribution in [0.25, 0.3) is 0 Å². The molecule has 1 aromatic heterocycles. The van der Waals surface area contributed by atoms with E-state index in [4.69, 9.17) is 10.2 Å². The number of halogens is 2. The van der Waals surface area contributed by atoms with Crippen molar-refractivity contribution in [2.45, 2.75) is 13.1 Å². The summed E-state index contributed by atoms with van der Waals surface area (Å²) in [6.07, 6.45) is 0. The van der Waals surface area contributed by atoms with E-state index >= 15 is 0 Å². The van der Waals surface area contributed by atoms with Gasteiger partial charge in [0.25, 0.3) is 0 Å². The first-order valence-corrected chi connectivity index (χ1v) is 7.18. The molecule has 3 N–H and O–H groups in total. The first kappa shape index (κ1) is 14.3. The van der Waals surface area contributed by atoms with Crippen LogP contribution in [-0.4, -0.2) is 5.91 Å². The lowest BCUT2D eigenvalue weighted by molar-refractivity contribution is 0.1000. The van der Waals surface area contributed by atoms with Crippen LogP contribution in [0.2, 0.25) is 0 Å². The predicted molar refractivity (Wildman–Crippen MR) is 79.6 cm³/mol. The molecule has 0 atom stereocenters. The van der Waals surface area contributed by atoms with Gasteiger partial charge in [0.2, 0.25) is 5.91 Å². The van der Waals surface area contributed by atoms with Crippen LogP contribution < -0.4 is 11.1 Å². The number of amides is 1. The molecule has 0 radical (unpaired) electrons. The lowest BCUT2D eigenvalue weighted by Gasteiger charge is -2.04. The van der Waals surface area contributed by atoms with Gasteiger partial charge in [-0.1, -0.05) is 12.1 Å². The molecule has 0 saturated carbocycles. The van der Waals surface area contributed by atoms with Crippen LogP contribution in [0.4, 0.5) is 0 Å². The van der Waals surface area contributed by atoms with E-state index in [0.29, 0.717) is 23.3 Å². The molecule has 0 spiro atoms. The van der Waals surface area contributed by atoms with Crippen LogP contribution in [0, 0.1) is 0 Å². The van der Waals surface area contributed by atoms with Crippen LogP contribution in [0.3, 0.4) is 0 Å². The Balaban J connectivity index is 1.92. The lowest BCUT2D eigenvalue weighted by Crippen LogP contribution is -2.14. The van der Waals surface area contributed by atoms with E-state index in [-0.39, 0.29) is 0 Å². The summed E-state index contributed by atoms with van der Waals surface area (Å²) in [5.41, 5.74) is 6.75. The number of hydrogen-bond acceptors (Lipinski definition) is 3. The molecule has 4 nitrogen and oxygen atoms in total. The van der Waals surface area contributed by atoms with Gasteiger partial charge < -0.3 is 15.5 Å². The smallest absolute Gasteiger partial charge is 0.248 e. The van der Waals surface area contributed by atoms with Gasteiger partial charge in [0.15, 0.2) is 4.67 Å². The SMILES string of the molecule is NC(=O)c1cccc(CNCc2cc(Br)c(Br)o2)c1. The van der Waals surface area contributed by atoms with Crippen molar-refractivity contribution in [1.29, 1.82) is 0 Å². The van der Waals surface area contributed by atoms with Gasteiger partial charge in [0.1, 0.15) is 5.76 Å². The van der Waals surface area contributed by atoms with Crippen LogP contribution in [-0.2, 0) is 13.1 Å². The summed E-state index contributed by atoms with van der Waals surface area (Å²) in [5, 5.41) is 3.24. The van der Waals surface area contributed by atoms with Gasteiger partial charge in [-0.15, -0.1) is 0 Å². The van der Waals surface area contributed by atoms with Gasteiger partial charge in [0, 0.05) is 12.1 Å². The summed E-state index contributed by atoms with van der Waals surface area (Å²) in [4.78, 5) is 11.1. The van der Waals surface area contributed by atoms with Gasteiger partial charge in [-0.2, -0.15) is 0 Å². The second-order valence-electron chi connectivity index (χ2n) is 4.00. The Kier molecular flexibility index (Phi) is 4.79. The molecule has 2 rings (SSSR count). The Morgan fingerprint density at radius 1 is 1.26 bits per heavy atom. The fourth-order valence-electron chi connectivity index (χ4n) is 1.64. The predicted octanol–water partition coefficient (Wildman–Crippen LogP) is 3.19. The first-order valence-electron chi connectivity index (χ1n) is 5.59. The number of carbonyl (C=O) groups is 1. The quantitative estimate of drug-likeness (QED) is 0.827. The summed E-state index contributed by atoms with van der Waals surface area (Å²) >= 11 is 6.64. The van der Waals surface area contributed by atoms with E-state index in [9.17, 15) is 4.79 Å². The Labute approximate surface area is 127 Å². The van der Waals surface area contributed by atoms with Crippen molar-refractivity contribution in [3.8, 4) is 0 Å². The molecule has 0 aliphatic rings. The van der Waals surface area contributed by atoms with E-state index < -0.39 is 5.91 Å². The molecule has 19 heavy (non-hydrogen) atoms. The van der Waals surface area contributed by atoms with Crippen LogP contribution in [0.15, 0.2) is 43.9 Å². The molecule has 1 aromatic carbocycles. The molecule has 6 heteroatoms. The van der Waals surface area contributed by atoms with Gasteiger partial charge in [-0.05, 0) is 55.6 Å². The Morgan fingerprint density at radius 3 is 2.68 bits per heavy atom. The van der Waals surface area contributed by atoms with Crippen molar-refractivity contribution in [3.05, 3.63) is 56.4 Å². The molecule has 0 unspecified atom stereocenters. The summed E-state index contributed by atoms with van der Waals surface area (Å²) in [6, 6.07) is 9.14. The minimum Gasteiger partial charge on any atom is -0.452 e. The third-order valence-electron chi connectivity index (χ3n) is 2.54. The molecule has 0 aliphatic carbocycles. The maximum absolute atomic E-state index is 11.1. The fraction of sp³-hybridized carbons (Fsp3) is 0.154.